The van der Waals surface area contributed by atoms with Crippen LogP contribution in [0.25, 0.3) is 0 Å². The Hall–Kier alpha value is -1.32. The van der Waals surface area contributed by atoms with Gasteiger partial charge in [-0.15, -0.1) is 0 Å². The van der Waals surface area contributed by atoms with Crippen LogP contribution >= 0.6 is 0 Å². The van der Waals surface area contributed by atoms with Gasteiger partial charge in [0.15, 0.2) is 0 Å². The lowest BCUT2D eigenvalue weighted by Gasteiger charge is -2.23. The smallest absolute Gasteiger partial charge is 0.123 e. The molecule has 3 heteroatoms. The van der Waals surface area contributed by atoms with Gasteiger partial charge in [0, 0.05) is 6.42 Å². The highest BCUT2D eigenvalue weighted by Crippen LogP contribution is 2.30. The van der Waals surface area contributed by atoms with E-state index in [-0.39, 0.29) is 12.1 Å². The average molecular weight is 232 g/mol. The van der Waals surface area contributed by atoms with Gasteiger partial charge in [-0.1, -0.05) is 37.3 Å². The number of ether oxygens (including phenoxy) is 1. The van der Waals surface area contributed by atoms with E-state index in [0.29, 0.717) is 0 Å². The molecule has 0 radical (unpaired) electrons. The highest BCUT2D eigenvalue weighted by atomic mass is 16.5. The Balaban J connectivity index is 2.02. The van der Waals surface area contributed by atoms with Gasteiger partial charge in [-0.3, -0.25) is 11.3 Å². The van der Waals surface area contributed by atoms with E-state index < -0.39 is 0 Å². The van der Waals surface area contributed by atoms with Gasteiger partial charge < -0.3 is 4.74 Å². The third kappa shape index (κ3) is 2.68. The van der Waals surface area contributed by atoms with Crippen molar-refractivity contribution in [3.8, 4) is 5.75 Å². The summed E-state index contributed by atoms with van der Waals surface area (Å²) >= 11 is 0. The molecule has 17 heavy (non-hydrogen) atoms. The van der Waals surface area contributed by atoms with Crippen molar-refractivity contribution in [3.05, 3.63) is 42.0 Å². The number of hydrazine groups is 1. The first-order valence-electron chi connectivity index (χ1n) is 6.12. The van der Waals surface area contributed by atoms with Gasteiger partial charge in [-0.05, 0) is 24.5 Å². The Morgan fingerprint density at radius 1 is 1.59 bits per heavy atom. The van der Waals surface area contributed by atoms with Crippen molar-refractivity contribution >= 4 is 0 Å². The molecule has 1 aromatic carbocycles. The van der Waals surface area contributed by atoms with Gasteiger partial charge in [0.1, 0.15) is 11.9 Å². The first kappa shape index (κ1) is 12.1. The quantitative estimate of drug-likeness (QED) is 0.465. The fourth-order valence-corrected chi connectivity index (χ4v) is 2.19. The van der Waals surface area contributed by atoms with Gasteiger partial charge in [-0.25, -0.2) is 0 Å². The second-order valence-corrected chi connectivity index (χ2v) is 4.55. The molecular weight excluding hydrogens is 212 g/mol. The molecule has 2 unspecified atom stereocenters. The highest BCUT2D eigenvalue weighted by Gasteiger charge is 2.29. The SMILES string of the molecule is C=C(CC)CC(NN)C1Cc2ccccc2O1. The summed E-state index contributed by atoms with van der Waals surface area (Å²) in [5, 5.41) is 0. The summed E-state index contributed by atoms with van der Waals surface area (Å²) in [5.74, 6) is 6.61. The monoisotopic (exact) mass is 232 g/mol. The molecular formula is C14H20N2O. The molecule has 0 aromatic heterocycles. The maximum atomic E-state index is 5.92. The van der Waals surface area contributed by atoms with Crippen LogP contribution in [0.1, 0.15) is 25.3 Å². The van der Waals surface area contributed by atoms with Gasteiger partial charge in [0.25, 0.3) is 0 Å². The molecule has 0 bridgehead atoms. The summed E-state index contributed by atoms with van der Waals surface area (Å²) < 4.78 is 5.92. The summed E-state index contributed by atoms with van der Waals surface area (Å²) in [4.78, 5) is 0. The molecule has 0 amide bonds. The average Bonchev–Trinajstić information content (AvgIpc) is 2.78. The zero-order valence-electron chi connectivity index (χ0n) is 10.3. The first-order chi connectivity index (χ1) is 8.24. The van der Waals surface area contributed by atoms with E-state index in [4.69, 9.17) is 10.6 Å². The van der Waals surface area contributed by atoms with Gasteiger partial charge in [0.2, 0.25) is 0 Å². The number of hydrogen-bond donors (Lipinski definition) is 2. The maximum absolute atomic E-state index is 5.92. The van der Waals surface area contributed by atoms with Crippen LogP contribution in [-0.4, -0.2) is 12.1 Å². The molecule has 3 N–H and O–H groups in total. The topological polar surface area (TPSA) is 47.3 Å². The van der Waals surface area contributed by atoms with Crippen LogP contribution in [0.3, 0.4) is 0 Å². The van der Waals surface area contributed by atoms with Crippen molar-refractivity contribution in [2.75, 3.05) is 0 Å². The summed E-state index contributed by atoms with van der Waals surface area (Å²) in [5.41, 5.74) is 5.32. The molecule has 2 atom stereocenters. The van der Waals surface area contributed by atoms with Crippen LogP contribution in [0.15, 0.2) is 36.4 Å². The lowest BCUT2D eigenvalue weighted by molar-refractivity contribution is 0.177. The van der Waals surface area contributed by atoms with E-state index in [2.05, 4.69) is 25.0 Å². The van der Waals surface area contributed by atoms with E-state index in [1.165, 1.54) is 11.1 Å². The largest absolute Gasteiger partial charge is 0.488 e. The second kappa shape index (κ2) is 5.34. The van der Waals surface area contributed by atoms with E-state index in [0.717, 1.165) is 25.0 Å². The molecule has 1 aliphatic rings. The lowest BCUT2D eigenvalue weighted by atomic mass is 9.98. The third-order valence-corrected chi connectivity index (χ3v) is 3.34. The van der Waals surface area contributed by atoms with Crippen LogP contribution in [0, 0.1) is 0 Å². The number of hydrogen-bond acceptors (Lipinski definition) is 3. The number of nitrogens with two attached hydrogens (primary N) is 1. The predicted molar refractivity (Wildman–Crippen MR) is 69.7 cm³/mol. The molecule has 0 fully saturated rings. The van der Waals surface area contributed by atoms with Crippen LogP contribution in [-0.2, 0) is 6.42 Å². The summed E-state index contributed by atoms with van der Waals surface area (Å²) in [6, 6.07) is 8.29. The van der Waals surface area contributed by atoms with E-state index in [1.54, 1.807) is 0 Å². The van der Waals surface area contributed by atoms with Crippen LogP contribution in [0.2, 0.25) is 0 Å². The molecule has 0 spiro atoms. The first-order valence-corrected chi connectivity index (χ1v) is 6.12. The molecule has 1 aliphatic heterocycles. The van der Waals surface area contributed by atoms with Crippen molar-refractivity contribution in [3.63, 3.8) is 0 Å². The molecule has 1 heterocycles. The molecule has 2 rings (SSSR count). The maximum Gasteiger partial charge on any atom is 0.123 e. The summed E-state index contributed by atoms with van der Waals surface area (Å²) in [6.45, 7) is 6.14. The van der Waals surface area contributed by atoms with E-state index in [1.807, 2.05) is 18.2 Å². The number of rotatable bonds is 5. The fraction of sp³-hybridized carbons (Fsp3) is 0.429. The molecule has 3 nitrogen and oxygen atoms in total. The Bertz CT molecular complexity index is 378. The van der Waals surface area contributed by atoms with Crippen molar-refractivity contribution in [2.45, 2.75) is 38.3 Å². The standard InChI is InChI=1S/C14H20N2O/c1-3-10(2)8-12(16-15)14-9-11-6-4-5-7-13(11)17-14/h4-7,12,14,16H,2-3,8-9,15H2,1H3. The molecule has 0 saturated carbocycles. The minimum atomic E-state index is 0.112. The van der Waals surface area contributed by atoms with Crippen molar-refractivity contribution in [1.29, 1.82) is 0 Å². The molecule has 0 saturated heterocycles. The van der Waals surface area contributed by atoms with Gasteiger partial charge >= 0.3 is 0 Å². The van der Waals surface area contributed by atoms with Crippen LogP contribution in [0.5, 0.6) is 5.75 Å². The van der Waals surface area contributed by atoms with Crippen molar-refractivity contribution < 1.29 is 4.74 Å². The Morgan fingerprint density at radius 3 is 3.00 bits per heavy atom. The Kier molecular flexibility index (Phi) is 3.82. The zero-order chi connectivity index (χ0) is 12.3. The lowest BCUT2D eigenvalue weighted by Crippen LogP contribution is -2.46. The van der Waals surface area contributed by atoms with Crippen molar-refractivity contribution in [2.24, 2.45) is 5.84 Å². The molecule has 92 valence electrons. The van der Waals surface area contributed by atoms with Crippen LogP contribution in [0.4, 0.5) is 0 Å². The van der Waals surface area contributed by atoms with E-state index >= 15 is 0 Å². The van der Waals surface area contributed by atoms with Gasteiger partial charge in [-0.2, -0.15) is 0 Å². The second-order valence-electron chi connectivity index (χ2n) is 4.55. The summed E-state index contributed by atoms with van der Waals surface area (Å²) in [6.07, 6.45) is 2.88. The Labute approximate surface area is 103 Å². The van der Waals surface area contributed by atoms with Crippen LogP contribution < -0.4 is 16.0 Å². The predicted octanol–water partition coefficient (Wildman–Crippen LogP) is 2.18. The van der Waals surface area contributed by atoms with Gasteiger partial charge in [0.05, 0.1) is 6.04 Å². The molecule has 1 aromatic rings. The fourth-order valence-electron chi connectivity index (χ4n) is 2.19. The minimum Gasteiger partial charge on any atom is -0.488 e. The Morgan fingerprint density at radius 2 is 2.35 bits per heavy atom. The minimum absolute atomic E-state index is 0.112. The third-order valence-electron chi connectivity index (χ3n) is 3.34. The highest BCUT2D eigenvalue weighted by molar-refractivity contribution is 5.37. The number of nitrogens with one attached hydrogen (secondary N) is 1. The summed E-state index contributed by atoms with van der Waals surface area (Å²) in [7, 11) is 0. The van der Waals surface area contributed by atoms with Crippen molar-refractivity contribution in [1.82, 2.24) is 5.43 Å². The number of para-hydroxylation sites is 1. The molecule has 0 aliphatic carbocycles. The van der Waals surface area contributed by atoms with E-state index in [9.17, 15) is 0 Å². The zero-order valence-corrected chi connectivity index (χ0v) is 10.3. The number of fused-ring (bicyclic) bond motifs is 1. The number of benzene rings is 1. The normalized spacial score (nSPS) is 19.5.